The van der Waals surface area contributed by atoms with Gasteiger partial charge in [0.25, 0.3) is 0 Å². The number of hydrogen-bond donors (Lipinski definition) is 7. The van der Waals surface area contributed by atoms with Gasteiger partial charge in [0.2, 0.25) is 0 Å². The number of aliphatic hydroxyl groups excluding tert-OH is 7. The second kappa shape index (κ2) is 7.01. The molecule has 0 amide bonds. The number of aliphatic hydroxyl groups is 7. The van der Waals surface area contributed by atoms with Crippen LogP contribution in [0, 0.1) is 0 Å². The first-order chi connectivity index (χ1) is 10.4. The molecule has 130 valence electrons. The minimum atomic E-state index is -1.74. The van der Waals surface area contributed by atoms with E-state index in [-0.39, 0.29) is 6.42 Å². The highest BCUT2D eigenvalue weighted by molar-refractivity contribution is 4.92. The normalized spacial score (nSPS) is 49.5. The summed E-state index contributed by atoms with van der Waals surface area (Å²) >= 11 is 0. The van der Waals surface area contributed by atoms with Gasteiger partial charge in [0.05, 0.1) is 25.9 Å². The monoisotopic (exact) mass is 326 g/mol. The minimum absolute atomic E-state index is 0.191. The van der Waals surface area contributed by atoms with Crippen LogP contribution in [0.5, 0.6) is 0 Å². The maximum absolute atomic E-state index is 9.89. The molecule has 2 aliphatic heterocycles. The highest BCUT2D eigenvalue weighted by atomic mass is 16.8. The van der Waals surface area contributed by atoms with Crippen LogP contribution >= 0.6 is 0 Å². The molecule has 10 nitrogen and oxygen atoms in total. The van der Waals surface area contributed by atoms with Gasteiger partial charge in [-0.25, -0.2) is 0 Å². The van der Waals surface area contributed by atoms with E-state index in [0.717, 1.165) is 0 Å². The summed E-state index contributed by atoms with van der Waals surface area (Å²) in [5.74, 6) is -1.74. The first-order valence-corrected chi connectivity index (χ1v) is 6.93. The van der Waals surface area contributed by atoms with Gasteiger partial charge < -0.3 is 50.0 Å². The Labute approximate surface area is 126 Å². The Bertz CT molecular complexity index is 366. The van der Waals surface area contributed by atoms with Crippen molar-refractivity contribution in [2.24, 2.45) is 0 Å². The molecule has 0 aromatic heterocycles. The lowest BCUT2D eigenvalue weighted by Gasteiger charge is -2.42. The molecule has 0 spiro atoms. The van der Waals surface area contributed by atoms with E-state index in [9.17, 15) is 25.5 Å². The van der Waals surface area contributed by atoms with Crippen LogP contribution in [-0.2, 0) is 14.2 Å². The van der Waals surface area contributed by atoms with Crippen LogP contribution in [-0.4, -0.2) is 104 Å². The molecule has 2 saturated heterocycles. The Morgan fingerprint density at radius 2 is 1.55 bits per heavy atom. The van der Waals surface area contributed by atoms with Gasteiger partial charge in [-0.1, -0.05) is 0 Å². The van der Waals surface area contributed by atoms with Gasteiger partial charge in [0.15, 0.2) is 12.1 Å². The molecule has 2 rings (SSSR count). The molecule has 8 atom stereocenters. The topological polar surface area (TPSA) is 169 Å². The Morgan fingerprint density at radius 1 is 0.909 bits per heavy atom. The van der Waals surface area contributed by atoms with Crippen LogP contribution in [0.15, 0.2) is 0 Å². The molecule has 0 aromatic rings. The van der Waals surface area contributed by atoms with Gasteiger partial charge in [0, 0.05) is 6.42 Å². The zero-order valence-electron chi connectivity index (χ0n) is 11.7. The van der Waals surface area contributed by atoms with Crippen molar-refractivity contribution in [1.29, 1.82) is 0 Å². The first-order valence-electron chi connectivity index (χ1n) is 6.93. The van der Waals surface area contributed by atoms with Gasteiger partial charge >= 0.3 is 0 Å². The van der Waals surface area contributed by atoms with Gasteiger partial charge in [-0.15, -0.1) is 0 Å². The number of rotatable bonds is 5. The molecular weight excluding hydrogens is 304 g/mol. The Kier molecular flexibility index (Phi) is 5.72. The molecule has 4 unspecified atom stereocenters. The van der Waals surface area contributed by atoms with Crippen molar-refractivity contribution in [3.05, 3.63) is 0 Å². The highest BCUT2D eigenvalue weighted by Crippen LogP contribution is 2.35. The third-order valence-corrected chi connectivity index (χ3v) is 3.92. The SMILES string of the molecule is OCC1O[C@H](O[C@@]2(CO)CC(O)[C@H](CO)O2)C(O)C(O)[C@H]1O. The van der Waals surface area contributed by atoms with Gasteiger partial charge in [-0.2, -0.15) is 0 Å². The average Bonchev–Trinajstić information content (AvgIpc) is 2.84. The summed E-state index contributed by atoms with van der Waals surface area (Å²) < 4.78 is 15.8. The molecule has 0 radical (unpaired) electrons. The molecule has 0 bridgehead atoms. The molecule has 2 fully saturated rings. The van der Waals surface area contributed by atoms with Crippen LogP contribution in [0.3, 0.4) is 0 Å². The smallest absolute Gasteiger partial charge is 0.197 e. The molecule has 10 heteroatoms. The maximum atomic E-state index is 9.89. The van der Waals surface area contributed by atoms with E-state index in [4.69, 9.17) is 24.4 Å². The summed E-state index contributed by atoms with van der Waals surface area (Å²) in [7, 11) is 0. The van der Waals surface area contributed by atoms with E-state index in [1.54, 1.807) is 0 Å². The van der Waals surface area contributed by atoms with Gasteiger partial charge in [-0.05, 0) is 0 Å². The second-order valence-corrected chi connectivity index (χ2v) is 5.49. The predicted octanol–water partition coefficient (Wildman–Crippen LogP) is -4.37. The van der Waals surface area contributed by atoms with Crippen LogP contribution < -0.4 is 0 Å². The maximum Gasteiger partial charge on any atom is 0.197 e. The van der Waals surface area contributed by atoms with Gasteiger partial charge in [-0.3, -0.25) is 0 Å². The molecule has 22 heavy (non-hydrogen) atoms. The Balaban J connectivity index is 2.10. The lowest BCUT2D eigenvalue weighted by molar-refractivity contribution is -0.371. The molecule has 2 aliphatic rings. The van der Waals surface area contributed by atoms with E-state index < -0.39 is 68.5 Å². The highest BCUT2D eigenvalue weighted by Gasteiger charge is 2.52. The molecule has 0 aromatic carbocycles. The number of ether oxygens (including phenoxy) is 3. The standard InChI is InChI=1S/C12H22O10/c13-2-6-5(16)1-12(4-15,21-6)22-11-10(19)9(18)8(17)7(3-14)20-11/h5-11,13-19H,1-4H2/t5?,6-,7?,8-,9?,10?,11+,12+/m0/s1. The lowest BCUT2D eigenvalue weighted by atomic mass is 9.99. The van der Waals surface area contributed by atoms with Crippen LogP contribution in [0.4, 0.5) is 0 Å². The van der Waals surface area contributed by atoms with Crippen molar-refractivity contribution in [3.8, 4) is 0 Å². The molecule has 2 heterocycles. The van der Waals surface area contributed by atoms with E-state index in [1.165, 1.54) is 0 Å². The van der Waals surface area contributed by atoms with Crippen LogP contribution in [0.2, 0.25) is 0 Å². The quantitative estimate of drug-likeness (QED) is 0.262. The van der Waals surface area contributed by atoms with E-state index >= 15 is 0 Å². The van der Waals surface area contributed by atoms with Gasteiger partial charge in [0.1, 0.15) is 30.5 Å². The van der Waals surface area contributed by atoms with Crippen LogP contribution in [0.1, 0.15) is 6.42 Å². The summed E-state index contributed by atoms with van der Waals surface area (Å²) in [6.07, 6.45) is -9.76. The molecule has 0 saturated carbocycles. The molecule has 0 aliphatic carbocycles. The summed E-state index contributed by atoms with van der Waals surface area (Å²) in [4.78, 5) is 0. The fourth-order valence-corrected chi connectivity index (χ4v) is 2.60. The van der Waals surface area contributed by atoms with Crippen LogP contribution in [0.25, 0.3) is 0 Å². The van der Waals surface area contributed by atoms with Crippen molar-refractivity contribution >= 4 is 0 Å². The fourth-order valence-electron chi connectivity index (χ4n) is 2.60. The zero-order chi connectivity index (χ0) is 16.5. The summed E-state index contributed by atoms with van der Waals surface area (Å²) in [5, 5.41) is 66.6. The largest absolute Gasteiger partial charge is 0.394 e. The zero-order valence-corrected chi connectivity index (χ0v) is 11.7. The Hall–Kier alpha value is -0.400. The fraction of sp³-hybridized carbons (Fsp3) is 1.00. The first kappa shape index (κ1) is 17.9. The second-order valence-electron chi connectivity index (χ2n) is 5.49. The van der Waals surface area contributed by atoms with Crippen molar-refractivity contribution in [3.63, 3.8) is 0 Å². The van der Waals surface area contributed by atoms with Crippen molar-refractivity contribution in [2.45, 2.75) is 55.1 Å². The van der Waals surface area contributed by atoms with E-state index in [1.807, 2.05) is 0 Å². The summed E-state index contributed by atoms with van der Waals surface area (Å²) in [6.45, 7) is -1.82. The summed E-state index contributed by atoms with van der Waals surface area (Å²) in [5.41, 5.74) is 0. The number of hydrogen-bond acceptors (Lipinski definition) is 10. The molecule has 7 N–H and O–H groups in total. The van der Waals surface area contributed by atoms with Crippen molar-refractivity contribution in [1.82, 2.24) is 0 Å². The van der Waals surface area contributed by atoms with Crippen molar-refractivity contribution < 1.29 is 50.0 Å². The molecular formula is C12H22O10. The average molecular weight is 326 g/mol. The van der Waals surface area contributed by atoms with Crippen molar-refractivity contribution in [2.75, 3.05) is 19.8 Å². The third-order valence-electron chi connectivity index (χ3n) is 3.92. The minimum Gasteiger partial charge on any atom is -0.394 e. The van der Waals surface area contributed by atoms with E-state index in [0.29, 0.717) is 0 Å². The van der Waals surface area contributed by atoms with E-state index in [2.05, 4.69) is 0 Å². The third kappa shape index (κ3) is 3.26. The summed E-state index contributed by atoms with van der Waals surface area (Å²) in [6, 6.07) is 0. The predicted molar refractivity (Wildman–Crippen MR) is 67.3 cm³/mol. The lowest BCUT2D eigenvalue weighted by Crippen LogP contribution is -2.61. The Morgan fingerprint density at radius 3 is 2.05 bits per heavy atom.